The molecule has 0 aliphatic carbocycles. The number of fused-ring (bicyclic) bond motifs is 1. The van der Waals surface area contributed by atoms with Gasteiger partial charge in [0.15, 0.2) is 0 Å². The van der Waals surface area contributed by atoms with E-state index in [1.807, 2.05) is 30.2 Å². The molecular formula is C28H30ClN5O. The molecule has 180 valence electrons. The largest absolute Gasteiger partial charge is 0.368 e. The van der Waals surface area contributed by atoms with Gasteiger partial charge in [-0.3, -0.25) is 4.79 Å². The molecule has 0 radical (unpaired) electrons. The molecule has 2 N–H and O–H groups in total. The molecule has 3 heterocycles. The van der Waals surface area contributed by atoms with Crippen molar-refractivity contribution in [2.45, 2.75) is 19.9 Å². The summed E-state index contributed by atoms with van der Waals surface area (Å²) in [5, 5.41) is 6.92. The molecule has 1 fully saturated rings. The van der Waals surface area contributed by atoms with Crippen LogP contribution in [0, 0.1) is 0 Å². The number of benzene rings is 2. The number of amides is 1. The Morgan fingerprint density at radius 3 is 2.26 bits per heavy atom. The van der Waals surface area contributed by atoms with Crippen molar-refractivity contribution in [2.24, 2.45) is 0 Å². The molecule has 3 aliphatic rings. The molecular weight excluding hydrogens is 458 g/mol. The molecule has 0 unspecified atom stereocenters. The van der Waals surface area contributed by atoms with Gasteiger partial charge >= 0.3 is 0 Å². The number of nitrogens with one attached hydrogen (secondary N) is 2. The number of anilines is 2. The lowest BCUT2D eigenvalue weighted by Crippen LogP contribution is -2.46. The number of allylic oxidation sites excluding steroid dienone is 4. The average molecular weight is 488 g/mol. The van der Waals surface area contributed by atoms with Crippen LogP contribution in [0.5, 0.6) is 0 Å². The maximum Gasteiger partial charge on any atom is 0.270 e. The minimum absolute atomic E-state index is 0.128. The number of halogens is 1. The summed E-state index contributed by atoms with van der Waals surface area (Å²) in [6.45, 7) is 6.47. The van der Waals surface area contributed by atoms with Gasteiger partial charge in [-0.25, -0.2) is 0 Å². The maximum atomic E-state index is 13.2. The fraction of sp³-hybridized carbons (Fsp3) is 0.250. The summed E-state index contributed by atoms with van der Waals surface area (Å²) in [6.07, 6.45) is 8.11. The van der Waals surface area contributed by atoms with Crippen molar-refractivity contribution in [1.29, 1.82) is 0 Å². The zero-order valence-electron chi connectivity index (χ0n) is 19.9. The number of nitrogens with zero attached hydrogens (tertiary/aromatic N) is 3. The first-order valence-electron chi connectivity index (χ1n) is 12.1. The predicted octanol–water partition coefficient (Wildman–Crippen LogP) is 4.65. The van der Waals surface area contributed by atoms with Crippen LogP contribution in [-0.4, -0.2) is 37.0 Å². The van der Waals surface area contributed by atoms with Gasteiger partial charge in [0.25, 0.3) is 5.91 Å². The van der Waals surface area contributed by atoms with E-state index in [0.717, 1.165) is 43.1 Å². The maximum absolute atomic E-state index is 13.2. The Bertz CT molecular complexity index is 1190. The number of rotatable bonds is 6. The van der Waals surface area contributed by atoms with Crippen molar-refractivity contribution in [3.63, 3.8) is 0 Å². The lowest BCUT2D eigenvalue weighted by molar-refractivity contribution is -0.118. The first-order valence-corrected chi connectivity index (χ1v) is 12.5. The summed E-state index contributed by atoms with van der Waals surface area (Å²) in [5.41, 5.74) is 5.90. The monoisotopic (exact) mass is 487 g/mol. The van der Waals surface area contributed by atoms with Gasteiger partial charge in [0, 0.05) is 62.2 Å². The van der Waals surface area contributed by atoms with Crippen molar-refractivity contribution < 1.29 is 4.79 Å². The number of carbonyl (C=O) groups excluding carboxylic acids is 1. The Balaban J connectivity index is 1.18. The van der Waals surface area contributed by atoms with Crippen LogP contribution in [0.15, 0.2) is 101 Å². The SMILES string of the molecule is CCC1=C(C(=O)NCc2ccc(N3CCN(c4ccccc4)CC3)cc2)N2C=C(Cl)C=CC2=CN1. The van der Waals surface area contributed by atoms with Gasteiger partial charge in [0.1, 0.15) is 5.70 Å². The van der Waals surface area contributed by atoms with Gasteiger partial charge in [0.05, 0.1) is 10.7 Å². The summed E-state index contributed by atoms with van der Waals surface area (Å²) in [5.74, 6) is -0.128. The van der Waals surface area contributed by atoms with E-state index in [-0.39, 0.29) is 5.91 Å². The van der Waals surface area contributed by atoms with E-state index in [1.54, 1.807) is 6.20 Å². The normalized spacial score (nSPS) is 17.5. The van der Waals surface area contributed by atoms with Crippen molar-refractivity contribution >= 4 is 28.9 Å². The molecule has 6 nitrogen and oxygen atoms in total. The molecule has 1 amide bonds. The highest BCUT2D eigenvalue weighted by Gasteiger charge is 2.27. The zero-order valence-corrected chi connectivity index (χ0v) is 20.6. The van der Waals surface area contributed by atoms with E-state index in [4.69, 9.17) is 11.6 Å². The van der Waals surface area contributed by atoms with Crippen LogP contribution >= 0.6 is 11.6 Å². The third-order valence-electron chi connectivity index (χ3n) is 6.59. The van der Waals surface area contributed by atoms with Gasteiger partial charge in [-0.05, 0) is 48.4 Å². The van der Waals surface area contributed by atoms with Crippen molar-refractivity contribution in [3.8, 4) is 0 Å². The summed E-state index contributed by atoms with van der Waals surface area (Å²) in [7, 11) is 0. The third-order valence-corrected chi connectivity index (χ3v) is 6.81. The minimum atomic E-state index is -0.128. The Morgan fingerprint density at radius 1 is 0.943 bits per heavy atom. The van der Waals surface area contributed by atoms with E-state index in [1.165, 1.54) is 11.4 Å². The number of hydrogen-bond donors (Lipinski definition) is 2. The van der Waals surface area contributed by atoms with Crippen molar-refractivity contribution in [1.82, 2.24) is 15.5 Å². The molecule has 3 aliphatic heterocycles. The van der Waals surface area contributed by atoms with Gasteiger partial charge in [0.2, 0.25) is 0 Å². The molecule has 0 saturated carbocycles. The van der Waals surface area contributed by atoms with Crippen LogP contribution in [-0.2, 0) is 11.3 Å². The molecule has 2 aromatic rings. The highest BCUT2D eigenvalue weighted by Crippen LogP contribution is 2.29. The van der Waals surface area contributed by atoms with Gasteiger partial charge in [-0.15, -0.1) is 0 Å². The molecule has 0 bridgehead atoms. The summed E-state index contributed by atoms with van der Waals surface area (Å²) in [6, 6.07) is 19.1. The lowest BCUT2D eigenvalue weighted by atomic mass is 10.1. The molecule has 0 spiro atoms. The standard InChI is InChI=1S/C28H30ClN5O/c1-2-26-27(34-20-22(29)10-13-25(34)19-30-26)28(35)31-18-21-8-11-24(12-9-21)33-16-14-32(15-17-33)23-6-4-3-5-7-23/h3-13,19-20,30H,2,14-18H2,1H3,(H,31,35). The second-order valence-corrected chi connectivity index (χ2v) is 9.21. The van der Waals surface area contributed by atoms with E-state index in [0.29, 0.717) is 23.7 Å². The highest BCUT2D eigenvalue weighted by molar-refractivity contribution is 6.31. The third kappa shape index (κ3) is 5.08. The van der Waals surface area contributed by atoms with E-state index in [9.17, 15) is 4.79 Å². The molecule has 2 aromatic carbocycles. The smallest absolute Gasteiger partial charge is 0.270 e. The Labute approximate surface area is 211 Å². The summed E-state index contributed by atoms with van der Waals surface area (Å²) >= 11 is 6.21. The van der Waals surface area contributed by atoms with Crippen LogP contribution in [0.2, 0.25) is 0 Å². The minimum Gasteiger partial charge on any atom is -0.368 e. The lowest BCUT2D eigenvalue weighted by Gasteiger charge is -2.37. The van der Waals surface area contributed by atoms with E-state index in [2.05, 4.69) is 75.0 Å². The summed E-state index contributed by atoms with van der Waals surface area (Å²) in [4.78, 5) is 19.9. The quantitative estimate of drug-likeness (QED) is 0.621. The highest BCUT2D eigenvalue weighted by atomic mass is 35.5. The average Bonchev–Trinajstić information content (AvgIpc) is 2.92. The van der Waals surface area contributed by atoms with E-state index < -0.39 is 0 Å². The van der Waals surface area contributed by atoms with Crippen molar-refractivity contribution in [2.75, 3.05) is 36.0 Å². The topological polar surface area (TPSA) is 50.9 Å². The second-order valence-electron chi connectivity index (χ2n) is 8.77. The Morgan fingerprint density at radius 2 is 1.60 bits per heavy atom. The molecule has 0 atom stereocenters. The second kappa shape index (κ2) is 10.3. The van der Waals surface area contributed by atoms with Crippen LogP contribution in [0.3, 0.4) is 0 Å². The fourth-order valence-corrected chi connectivity index (χ4v) is 4.80. The van der Waals surface area contributed by atoms with Crippen LogP contribution in [0.25, 0.3) is 0 Å². The molecule has 7 heteroatoms. The molecule has 0 aromatic heterocycles. The van der Waals surface area contributed by atoms with Crippen LogP contribution in [0.4, 0.5) is 11.4 Å². The van der Waals surface area contributed by atoms with Gasteiger partial charge < -0.3 is 25.3 Å². The first-order chi connectivity index (χ1) is 17.1. The predicted molar refractivity (Wildman–Crippen MR) is 143 cm³/mol. The number of hydrogen-bond acceptors (Lipinski definition) is 5. The number of piperazine rings is 1. The van der Waals surface area contributed by atoms with Crippen LogP contribution in [0.1, 0.15) is 18.9 Å². The van der Waals surface area contributed by atoms with Crippen LogP contribution < -0.4 is 20.4 Å². The van der Waals surface area contributed by atoms with Crippen molar-refractivity contribution in [3.05, 3.63) is 107 Å². The number of para-hydroxylation sites is 1. The van der Waals surface area contributed by atoms with Gasteiger partial charge in [-0.1, -0.05) is 48.9 Å². The van der Waals surface area contributed by atoms with Gasteiger partial charge in [-0.2, -0.15) is 0 Å². The molecule has 5 rings (SSSR count). The van der Waals surface area contributed by atoms with E-state index >= 15 is 0 Å². The summed E-state index contributed by atoms with van der Waals surface area (Å²) < 4.78 is 0. The number of carbonyl (C=O) groups is 1. The zero-order chi connectivity index (χ0) is 24.2. The molecule has 35 heavy (non-hydrogen) atoms. The molecule has 1 saturated heterocycles. The first kappa shape index (κ1) is 23.1. The Hall–Kier alpha value is -3.64. The fourth-order valence-electron chi connectivity index (χ4n) is 4.64. The Kier molecular flexibility index (Phi) is 6.82.